The summed E-state index contributed by atoms with van der Waals surface area (Å²) in [6.07, 6.45) is -0.891. The van der Waals surface area contributed by atoms with Gasteiger partial charge < -0.3 is 89.5 Å². The molecule has 24 heteroatoms. The zero-order valence-electron chi connectivity index (χ0n) is 47.6. The van der Waals surface area contributed by atoms with Gasteiger partial charge in [0.05, 0.1) is 19.8 Å². The Morgan fingerprint density at radius 2 is 0.825 bits per heavy atom. The molecular formula is C56H103O23P. The van der Waals surface area contributed by atoms with E-state index in [1.807, 2.05) is 0 Å². The quantitative estimate of drug-likeness (QED) is 0.0175. The molecule has 16 atom stereocenters. The van der Waals surface area contributed by atoms with Crippen molar-refractivity contribution in [2.75, 3.05) is 26.4 Å². The van der Waals surface area contributed by atoms with E-state index < -0.39 is 150 Å². The van der Waals surface area contributed by atoms with Gasteiger partial charge in [-0.05, 0) is 38.5 Å². The maximum atomic E-state index is 14.0. The highest BCUT2D eigenvalue weighted by Gasteiger charge is 2.58. The van der Waals surface area contributed by atoms with E-state index >= 15 is 0 Å². The fourth-order valence-electron chi connectivity index (χ4n) is 10.1. The third kappa shape index (κ3) is 26.6. The van der Waals surface area contributed by atoms with Crippen LogP contribution < -0.4 is 0 Å². The lowest BCUT2D eigenvalue weighted by Crippen LogP contribution is -2.69. The summed E-state index contributed by atoms with van der Waals surface area (Å²) in [7, 11) is -5.64. The Bertz CT molecular complexity index is 1640. The number of phosphoric acid groups is 1. The molecule has 2 saturated heterocycles. The van der Waals surface area contributed by atoms with Crippen LogP contribution in [-0.2, 0) is 51.6 Å². The second-order valence-electron chi connectivity index (χ2n) is 21.9. The summed E-state index contributed by atoms with van der Waals surface area (Å²) in [6.45, 7) is 0.997. The summed E-state index contributed by atoms with van der Waals surface area (Å²) < 4.78 is 58.1. The molecule has 3 aliphatic rings. The number of hydrogen-bond donors (Lipinski definition) is 12. The Labute approximate surface area is 473 Å². The second-order valence-corrected chi connectivity index (χ2v) is 23.3. The summed E-state index contributed by atoms with van der Waals surface area (Å²) in [6, 6.07) is 0. The molecule has 0 aromatic heterocycles. The number of phosphoric ester groups is 1. The van der Waals surface area contributed by atoms with E-state index in [9.17, 15) is 75.2 Å². The zero-order valence-corrected chi connectivity index (χ0v) is 48.5. The van der Waals surface area contributed by atoms with Crippen LogP contribution in [0.4, 0.5) is 0 Å². The number of esters is 2. The van der Waals surface area contributed by atoms with Crippen molar-refractivity contribution in [1.82, 2.24) is 0 Å². The van der Waals surface area contributed by atoms with E-state index in [0.717, 1.165) is 51.4 Å². The van der Waals surface area contributed by atoms with Crippen LogP contribution in [0.3, 0.4) is 0 Å². The topological polar surface area (TPSA) is 368 Å². The van der Waals surface area contributed by atoms with Crippen LogP contribution >= 0.6 is 7.82 Å². The molecule has 0 amide bonds. The predicted octanol–water partition coefficient (Wildman–Crippen LogP) is 4.32. The van der Waals surface area contributed by atoms with E-state index in [1.54, 1.807) is 0 Å². The molecule has 3 rings (SSSR count). The van der Waals surface area contributed by atoms with Gasteiger partial charge in [0.2, 0.25) is 0 Å². The van der Waals surface area contributed by atoms with Gasteiger partial charge in [0.1, 0.15) is 92.1 Å². The number of carbonyl (C=O) groups excluding carboxylic acids is 2. The predicted molar refractivity (Wildman–Crippen MR) is 291 cm³/mol. The van der Waals surface area contributed by atoms with Gasteiger partial charge in [0.15, 0.2) is 18.7 Å². The lowest BCUT2D eigenvalue weighted by molar-refractivity contribution is -0.360. The lowest BCUT2D eigenvalue weighted by atomic mass is 9.84. The fourth-order valence-corrected chi connectivity index (χ4v) is 11.0. The molecule has 16 unspecified atom stereocenters. The minimum Gasteiger partial charge on any atom is -0.462 e. The van der Waals surface area contributed by atoms with E-state index in [2.05, 4.69) is 26.0 Å². The lowest BCUT2D eigenvalue weighted by Gasteiger charge is -2.49. The Morgan fingerprint density at radius 1 is 0.463 bits per heavy atom. The molecule has 80 heavy (non-hydrogen) atoms. The largest absolute Gasteiger partial charge is 0.472 e. The molecule has 1 saturated carbocycles. The standard InChI is InChI=1S/C56H103O23P/c1-3-5-7-9-11-13-15-17-18-19-21-22-24-26-28-30-32-41(59)72-36-38(74-42(60)33-31-29-27-25-23-20-16-14-12-10-8-6-4-2)37-73-80(70,71)79-54-52(77-55-50(68)45(63)43(61)39(34-57)75-55)48(66)47(65)49(67)53(54)78-56-51(69)46(64)44(62)40(35-58)76-56/h20,23,38-40,43-58,61-69H,3-19,21-22,24-37H2,1-2H3,(H,70,71)/b23-20-. The molecule has 2 aliphatic heterocycles. The highest BCUT2D eigenvalue weighted by atomic mass is 31.2. The number of hydrogen-bond acceptors (Lipinski definition) is 22. The number of rotatable bonds is 44. The second kappa shape index (κ2) is 41.3. The maximum absolute atomic E-state index is 14.0. The van der Waals surface area contributed by atoms with Crippen LogP contribution in [0.5, 0.6) is 0 Å². The number of allylic oxidation sites excluding steroid dienone is 2. The molecule has 0 aromatic rings. The average Bonchev–Trinajstić information content (AvgIpc) is 3.44. The Morgan fingerprint density at radius 3 is 1.24 bits per heavy atom. The van der Waals surface area contributed by atoms with Crippen LogP contribution in [0.2, 0.25) is 0 Å². The normalized spacial score (nSPS) is 31.3. The first-order valence-corrected chi connectivity index (χ1v) is 31.5. The Kier molecular flexibility index (Phi) is 37.4. The molecule has 3 fully saturated rings. The minimum absolute atomic E-state index is 0.0491. The van der Waals surface area contributed by atoms with Gasteiger partial charge in [-0.3, -0.25) is 18.6 Å². The Balaban J connectivity index is 1.69. The summed E-state index contributed by atoms with van der Waals surface area (Å²) >= 11 is 0. The van der Waals surface area contributed by atoms with Gasteiger partial charge in [-0.2, -0.15) is 0 Å². The smallest absolute Gasteiger partial charge is 0.462 e. The fraction of sp³-hybridized carbons (Fsp3) is 0.929. The van der Waals surface area contributed by atoms with Crippen LogP contribution in [0.25, 0.3) is 0 Å². The number of aliphatic hydroxyl groups is 11. The summed E-state index contributed by atoms with van der Waals surface area (Å²) in [5, 5.41) is 117. The van der Waals surface area contributed by atoms with Crippen molar-refractivity contribution in [3.63, 3.8) is 0 Å². The van der Waals surface area contributed by atoms with Crippen molar-refractivity contribution in [1.29, 1.82) is 0 Å². The first-order valence-electron chi connectivity index (χ1n) is 30.0. The van der Waals surface area contributed by atoms with Crippen molar-refractivity contribution in [2.45, 2.75) is 304 Å². The van der Waals surface area contributed by atoms with Crippen molar-refractivity contribution in [3.05, 3.63) is 12.2 Å². The highest BCUT2D eigenvalue weighted by molar-refractivity contribution is 7.47. The van der Waals surface area contributed by atoms with Gasteiger partial charge >= 0.3 is 19.8 Å². The number of aliphatic hydroxyl groups excluding tert-OH is 11. The molecule has 470 valence electrons. The average molecular weight is 1180 g/mol. The monoisotopic (exact) mass is 1170 g/mol. The molecular weight excluding hydrogens is 1070 g/mol. The summed E-state index contributed by atoms with van der Waals surface area (Å²) in [5.74, 6) is -1.34. The van der Waals surface area contributed by atoms with Crippen LogP contribution in [0, 0.1) is 0 Å². The number of ether oxygens (including phenoxy) is 6. The van der Waals surface area contributed by atoms with Crippen molar-refractivity contribution >= 4 is 19.8 Å². The Hall–Kier alpha value is -1.81. The number of unbranched alkanes of at least 4 members (excludes halogenated alkanes) is 24. The van der Waals surface area contributed by atoms with Crippen molar-refractivity contribution in [3.8, 4) is 0 Å². The molecule has 23 nitrogen and oxygen atoms in total. The maximum Gasteiger partial charge on any atom is 0.472 e. The molecule has 2 heterocycles. The highest BCUT2D eigenvalue weighted by Crippen LogP contribution is 2.49. The molecule has 0 bridgehead atoms. The van der Waals surface area contributed by atoms with E-state index in [1.165, 1.54) is 103 Å². The summed E-state index contributed by atoms with van der Waals surface area (Å²) in [4.78, 5) is 37.5. The van der Waals surface area contributed by atoms with E-state index in [4.69, 9.17) is 37.5 Å². The van der Waals surface area contributed by atoms with Crippen molar-refractivity contribution in [2.24, 2.45) is 0 Å². The van der Waals surface area contributed by atoms with Crippen molar-refractivity contribution < 1.29 is 113 Å². The third-order valence-electron chi connectivity index (χ3n) is 15.1. The van der Waals surface area contributed by atoms with E-state index in [0.29, 0.717) is 19.3 Å². The van der Waals surface area contributed by atoms with Gasteiger partial charge in [-0.1, -0.05) is 161 Å². The number of carbonyl (C=O) groups is 2. The van der Waals surface area contributed by atoms with Crippen LogP contribution in [-0.4, -0.2) is 204 Å². The molecule has 0 aromatic carbocycles. The zero-order chi connectivity index (χ0) is 58.9. The first-order chi connectivity index (χ1) is 38.4. The van der Waals surface area contributed by atoms with E-state index in [-0.39, 0.29) is 12.8 Å². The minimum atomic E-state index is -5.64. The molecule has 12 N–H and O–H groups in total. The van der Waals surface area contributed by atoms with Crippen LogP contribution in [0.1, 0.15) is 200 Å². The van der Waals surface area contributed by atoms with Gasteiger partial charge in [0.25, 0.3) is 0 Å². The third-order valence-corrected chi connectivity index (χ3v) is 16.1. The SMILES string of the molecule is CCCCCCCC/C=C\CCCCCC(=O)OC(COC(=O)CCCCCCCCCCCCCCCCCC)COP(=O)(O)OC1C(OC2OC(CO)C(O)C(O)C2O)C(O)C(O)C(O)C1OC1OC(CO)C(O)C(O)C1O. The first kappa shape index (κ1) is 72.4. The molecule has 0 spiro atoms. The molecule has 0 radical (unpaired) electrons. The van der Waals surface area contributed by atoms with Crippen LogP contribution in [0.15, 0.2) is 12.2 Å². The van der Waals surface area contributed by atoms with Gasteiger partial charge in [-0.15, -0.1) is 0 Å². The van der Waals surface area contributed by atoms with Gasteiger partial charge in [0, 0.05) is 12.8 Å². The summed E-state index contributed by atoms with van der Waals surface area (Å²) in [5.41, 5.74) is 0. The van der Waals surface area contributed by atoms with Gasteiger partial charge in [-0.25, -0.2) is 4.57 Å². The molecule has 1 aliphatic carbocycles.